The molecule has 0 saturated carbocycles. The Morgan fingerprint density at radius 1 is 0.850 bits per heavy atom. The topological polar surface area (TPSA) is 195 Å². The van der Waals surface area contributed by atoms with E-state index in [-0.39, 0.29) is 47.3 Å². The predicted molar refractivity (Wildman–Crippen MR) is 223 cm³/mol. The minimum absolute atomic E-state index is 0.0553. The van der Waals surface area contributed by atoms with Crippen LogP contribution in [0.1, 0.15) is 90.6 Å². The molecule has 3 aromatic carbocycles. The molecule has 3 aliphatic rings. The van der Waals surface area contributed by atoms with Gasteiger partial charge in [0.2, 0.25) is 27.8 Å². The van der Waals surface area contributed by atoms with E-state index in [4.69, 9.17) is 0 Å². The smallest absolute Gasteiger partial charge is 0.262 e. The van der Waals surface area contributed by atoms with Crippen molar-refractivity contribution >= 4 is 68.2 Å². The Bertz CT molecular complexity index is 2470. The fraction of sp³-hybridized carbons (Fsp3) is 0.381. The number of rotatable bonds is 13. The van der Waals surface area contributed by atoms with Crippen molar-refractivity contribution in [1.82, 2.24) is 25.1 Å². The lowest BCUT2D eigenvalue weighted by Gasteiger charge is -2.32. The van der Waals surface area contributed by atoms with Crippen LogP contribution in [0.3, 0.4) is 0 Å². The van der Waals surface area contributed by atoms with Gasteiger partial charge in [-0.05, 0) is 133 Å². The summed E-state index contributed by atoms with van der Waals surface area (Å²) in [5.41, 5.74) is 3.10. The molecule has 60 heavy (non-hydrogen) atoms. The van der Waals surface area contributed by atoms with Gasteiger partial charge in [0, 0.05) is 41.8 Å². The van der Waals surface area contributed by atoms with Gasteiger partial charge in [-0.3, -0.25) is 34.1 Å². The standard InChI is InChI=1S/C42H47F2N9O6S/c1-24-23-46-41(50-37(24)47-28-8-11-32(43)34(22-28)51-60(58,59)42(2,3)4)48-27-7-9-29(33(44)21-27)25-14-18-52(19-15-25)17-5-16-45-26-6-10-30-31(20-26)40(57)53(39(30)56)35-12-13-36(54)49-38(35)55/h6-11,20-23,25,35,45,51H,5,12-19H2,1-4H3,(H,49,54,55)(H2,46,47,48,50). The molecule has 0 bridgehead atoms. The SMILES string of the molecule is Cc1cnc(Nc2ccc(C3CCN(CCCNc4ccc5c(c4)C(=O)N(C4CCC(=O)NC4=O)C5=O)CC3)c(F)c2)nc1Nc1ccc(F)c(NS(=O)(=O)C(C)(C)C)c1. The first-order valence-electron chi connectivity index (χ1n) is 19.8. The van der Waals surface area contributed by atoms with E-state index in [2.05, 4.69) is 40.9 Å². The number of imide groups is 2. The number of halogens is 2. The summed E-state index contributed by atoms with van der Waals surface area (Å²) >= 11 is 0. The first-order chi connectivity index (χ1) is 28.5. The Kier molecular flexibility index (Phi) is 11.9. The number of hydrogen-bond acceptors (Lipinski definition) is 12. The second kappa shape index (κ2) is 16.9. The van der Waals surface area contributed by atoms with Gasteiger partial charge in [-0.15, -0.1) is 0 Å². The van der Waals surface area contributed by atoms with Crippen LogP contribution in [-0.4, -0.2) is 88.8 Å². The summed E-state index contributed by atoms with van der Waals surface area (Å²) in [7, 11) is -3.87. The molecule has 5 N–H and O–H groups in total. The Hall–Kier alpha value is -6.01. The summed E-state index contributed by atoms with van der Waals surface area (Å²) in [6.45, 7) is 9.38. The normalized spacial score (nSPS) is 17.7. The number of carbonyl (C=O) groups is 4. The van der Waals surface area contributed by atoms with Gasteiger partial charge in [0.25, 0.3) is 11.8 Å². The van der Waals surface area contributed by atoms with Gasteiger partial charge in [0.1, 0.15) is 23.5 Å². The number of nitrogens with zero attached hydrogens (tertiary/aromatic N) is 4. The number of benzene rings is 3. The van der Waals surface area contributed by atoms with Crippen LogP contribution in [0.4, 0.5) is 43.3 Å². The van der Waals surface area contributed by atoms with Crippen LogP contribution in [0.25, 0.3) is 0 Å². The summed E-state index contributed by atoms with van der Waals surface area (Å²) < 4.78 is 56.6. The molecule has 0 radical (unpaired) electrons. The molecule has 7 rings (SSSR count). The van der Waals surface area contributed by atoms with Gasteiger partial charge >= 0.3 is 0 Å². The molecular formula is C42H47F2N9O6S. The maximum atomic E-state index is 15.5. The monoisotopic (exact) mass is 843 g/mol. The van der Waals surface area contributed by atoms with E-state index < -0.39 is 50.3 Å². The van der Waals surface area contributed by atoms with E-state index in [9.17, 15) is 32.0 Å². The molecule has 1 atom stereocenters. The van der Waals surface area contributed by atoms with Gasteiger partial charge in [0.15, 0.2) is 0 Å². The highest BCUT2D eigenvalue weighted by Gasteiger charge is 2.44. The largest absolute Gasteiger partial charge is 0.385 e. The van der Waals surface area contributed by atoms with E-state index >= 15 is 4.39 Å². The quantitative estimate of drug-likeness (QED) is 0.0760. The van der Waals surface area contributed by atoms with E-state index in [1.54, 1.807) is 43.5 Å². The van der Waals surface area contributed by atoms with E-state index in [0.29, 0.717) is 40.6 Å². The van der Waals surface area contributed by atoms with Crippen molar-refractivity contribution < 1.29 is 36.4 Å². The van der Waals surface area contributed by atoms with E-state index in [1.165, 1.54) is 39.0 Å². The number of anilines is 6. The molecule has 18 heteroatoms. The van der Waals surface area contributed by atoms with E-state index in [0.717, 1.165) is 49.9 Å². The molecule has 2 fully saturated rings. The third kappa shape index (κ3) is 9.08. The lowest BCUT2D eigenvalue weighted by atomic mass is 9.89. The van der Waals surface area contributed by atoms with Crippen LogP contribution in [0, 0.1) is 18.6 Å². The van der Waals surface area contributed by atoms with Crippen molar-refractivity contribution in [2.24, 2.45) is 0 Å². The first kappa shape index (κ1) is 42.1. The Morgan fingerprint density at radius 2 is 1.55 bits per heavy atom. The third-order valence-corrected chi connectivity index (χ3v) is 13.1. The maximum Gasteiger partial charge on any atom is 0.262 e. The zero-order valence-corrected chi connectivity index (χ0v) is 34.5. The zero-order chi connectivity index (χ0) is 42.9. The average Bonchev–Trinajstić information content (AvgIpc) is 3.43. The lowest BCUT2D eigenvalue weighted by Crippen LogP contribution is -2.54. The number of carbonyl (C=O) groups excluding carboxylic acids is 4. The summed E-state index contributed by atoms with van der Waals surface area (Å²) in [6.07, 6.45) is 4.14. The number of likely N-dealkylation sites (tertiary alicyclic amines) is 1. The summed E-state index contributed by atoms with van der Waals surface area (Å²) in [4.78, 5) is 62.2. The summed E-state index contributed by atoms with van der Waals surface area (Å²) in [6, 6.07) is 12.9. The van der Waals surface area contributed by atoms with Crippen molar-refractivity contribution in [3.8, 4) is 0 Å². The fourth-order valence-corrected chi connectivity index (χ4v) is 8.15. The first-order valence-corrected chi connectivity index (χ1v) is 21.3. The molecule has 4 amide bonds. The molecule has 15 nitrogen and oxygen atoms in total. The van der Waals surface area contributed by atoms with Gasteiger partial charge in [-0.1, -0.05) is 6.07 Å². The highest BCUT2D eigenvalue weighted by atomic mass is 32.2. The van der Waals surface area contributed by atoms with Crippen molar-refractivity contribution in [1.29, 1.82) is 0 Å². The second-order valence-corrected chi connectivity index (χ2v) is 18.7. The number of nitrogens with one attached hydrogen (secondary N) is 5. The minimum atomic E-state index is -3.87. The average molecular weight is 844 g/mol. The molecule has 0 spiro atoms. The van der Waals surface area contributed by atoms with Crippen LogP contribution in [0.5, 0.6) is 0 Å². The van der Waals surface area contributed by atoms with Crippen molar-refractivity contribution in [3.05, 3.63) is 94.7 Å². The van der Waals surface area contributed by atoms with Crippen LogP contribution >= 0.6 is 0 Å². The number of sulfonamides is 1. The molecule has 4 aromatic rings. The molecule has 3 aliphatic heterocycles. The van der Waals surface area contributed by atoms with E-state index in [1.807, 2.05) is 0 Å². The van der Waals surface area contributed by atoms with Gasteiger partial charge in [0.05, 0.1) is 21.6 Å². The molecule has 1 aromatic heterocycles. The third-order valence-electron chi connectivity index (χ3n) is 11.0. The van der Waals surface area contributed by atoms with Crippen molar-refractivity contribution in [2.45, 2.75) is 76.5 Å². The van der Waals surface area contributed by atoms with Crippen LogP contribution in [-0.2, 0) is 19.6 Å². The number of aryl methyl sites for hydroxylation is 1. The highest BCUT2D eigenvalue weighted by Crippen LogP contribution is 2.33. The van der Waals surface area contributed by atoms with Crippen LogP contribution in [0.15, 0.2) is 60.8 Å². The van der Waals surface area contributed by atoms with Crippen LogP contribution in [0.2, 0.25) is 0 Å². The molecular weight excluding hydrogens is 797 g/mol. The van der Waals surface area contributed by atoms with Gasteiger partial charge < -0.3 is 20.9 Å². The fourth-order valence-electron chi connectivity index (χ4n) is 7.39. The summed E-state index contributed by atoms with van der Waals surface area (Å²) in [5, 5.41) is 11.7. The number of aromatic nitrogens is 2. The molecule has 4 heterocycles. The van der Waals surface area contributed by atoms with Gasteiger partial charge in [-0.2, -0.15) is 4.98 Å². The molecule has 2 saturated heterocycles. The Labute approximate surface area is 346 Å². The number of piperidine rings is 2. The second-order valence-electron chi connectivity index (χ2n) is 16.2. The number of hydrogen-bond donors (Lipinski definition) is 5. The molecule has 316 valence electrons. The maximum absolute atomic E-state index is 15.5. The highest BCUT2D eigenvalue weighted by molar-refractivity contribution is 7.94. The number of fused-ring (bicyclic) bond motifs is 1. The molecule has 1 unspecified atom stereocenters. The zero-order valence-electron chi connectivity index (χ0n) is 33.7. The lowest BCUT2D eigenvalue weighted by molar-refractivity contribution is -0.136. The van der Waals surface area contributed by atoms with Crippen LogP contribution < -0.4 is 26.0 Å². The minimum Gasteiger partial charge on any atom is -0.385 e. The van der Waals surface area contributed by atoms with Crippen molar-refractivity contribution in [2.75, 3.05) is 46.9 Å². The Morgan fingerprint density at radius 3 is 2.27 bits per heavy atom. The van der Waals surface area contributed by atoms with Gasteiger partial charge in [-0.25, -0.2) is 22.2 Å². The summed E-state index contributed by atoms with van der Waals surface area (Å²) in [5.74, 6) is -2.57. The Balaban J connectivity index is 0.881. The number of amides is 4. The van der Waals surface area contributed by atoms with Crippen molar-refractivity contribution in [3.63, 3.8) is 0 Å². The molecule has 0 aliphatic carbocycles. The predicted octanol–water partition coefficient (Wildman–Crippen LogP) is 6.17.